The Kier molecular flexibility index (Phi) is 35.6. The van der Waals surface area contributed by atoms with E-state index in [1.54, 1.807) is 0 Å². The first-order chi connectivity index (χ1) is 10.7. The first-order valence-electron chi connectivity index (χ1n) is 5.76. The van der Waals surface area contributed by atoms with Crippen molar-refractivity contribution in [1.29, 1.82) is 0 Å². The van der Waals surface area contributed by atoms with Crippen molar-refractivity contribution in [1.82, 2.24) is 0 Å². The van der Waals surface area contributed by atoms with Gasteiger partial charge in [0.05, 0.1) is 11.9 Å². The van der Waals surface area contributed by atoms with Gasteiger partial charge in [0.25, 0.3) is 0 Å². The molecule has 142 valence electrons. The molecule has 0 saturated heterocycles. The Labute approximate surface area is 289 Å². The van der Waals surface area contributed by atoms with E-state index >= 15 is 0 Å². The van der Waals surface area contributed by atoms with Gasteiger partial charge in [0, 0.05) is 24.8 Å². The Morgan fingerprint density at radius 2 is 1.43 bits per heavy atom. The van der Waals surface area contributed by atoms with E-state index in [1.807, 2.05) is 0 Å². The Morgan fingerprint density at radius 3 is 1.64 bits per heavy atom. The van der Waals surface area contributed by atoms with Crippen LogP contribution in [0, 0.1) is 0 Å². The fourth-order valence-electron chi connectivity index (χ4n) is 1.01. The van der Waals surface area contributed by atoms with Crippen molar-refractivity contribution in [3.05, 3.63) is 0 Å². The quantitative estimate of drug-likeness (QED) is 0.0993. The number of carboxylic acid groups (broad SMARTS) is 3. The molecule has 28 heavy (non-hydrogen) atoms. The molecule has 0 fully saturated rings. The van der Waals surface area contributed by atoms with E-state index in [0.717, 1.165) is 0 Å². The number of hydrogen-bond acceptors (Lipinski definition) is 14. The van der Waals surface area contributed by atoms with Gasteiger partial charge in [0.15, 0.2) is 0 Å². The largest absolute Gasteiger partial charge is 2.00 e. The number of aliphatic hydroxyl groups is 4. The standard InChI is InChI=1S/C6H8O8.C4H8O6.Ca.2K.Mg/c7-2(8)1-6(14,5(12)13)3(9)4(10)11;5-3(6)4(7,8)1-2-10-9;;;;/h3,9,14H,1H2,(H,7,8)(H,10,11)(H,12,13);3,5,7,9H,1-2H2;;;;/q;-2;+2;2*+1;+2/p-4. The number of aliphatic hydroxyl groups excluding tert-OH is 2. The SMILES string of the molecule is O=C([O-])CC(O)(C(=O)[O-])C(O)C(=O)[O-].[Ca+2].[K+].[K+].[Mg+2].[O-]OCCC([O-])(O)C([O-])O. The molecule has 4 N–H and O–H groups in total. The Hall–Kier alpha value is 3.39. The number of rotatable bonds is 9. The van der Waals surface area contributed by atoms with Crippen molar-refractivity contribution in [2.24, 2.45) is 0 Å². The van der Waals surface area contributed by atoms with Gasteiger partial charge in [-0.25, -0.2) is 0 Å². The number of carbonyl (C=O) groups is 3. The molecule has 0 radical (unpaired) electrons. The molecule has 0 bridgehead atoms. The molecular weight excluding hydrogens is 487 g/mol. The molecule has 0 aromatic rings. The molecular formula is C10H12CaK2MgO14. The molecule has 0 rings (SSSR count). The van der Waals surface area contributed by atoms with E-state index in [1.165, 1.54) is 0 Å². The zero-order chi connectivity index (χ0) is 19.7. The van der Waals surface area contributed by atoms with Gasteiger partial charge < -0.3 is 70.5 Å². The van der Waals surface area contributed by atoms with E-state index in [2.05, 4.69) is 4.89 Å². The molecule has 0 aliphatic carbocycles. The zero-order valence-electron chi connectivity index (χ0n) is 15.1. The van der Waals surface area contributed by atoms with Gasteiger partial charge in [-0.15, -0.1) is 0 Å². The van der Waals surface area contributed by atoms with E-state index < -0.39 is 61.1 Å². The van der Waals surface area contributed by atoms with E-state index in [-0.39, 0.29) is 164 Å². The summed E-state index contributed by atoms with van der Waals surface area (Å²) in [5.41, 5.74) is -3.46. The molecule has 0 spiro atoms. The molecule has 4 unspecified atom stereocenters. The van der Waals surface area contributed by atoms with Crippen molar-refractivity contribution in [2.45, 2.75) is 36.6 Å². The van der Waals surface area contributed by atoms with Crippen LogP contribution in [-0.2, 0) is 19.3 Å². The van der Waals surface area contributed by atoms with E-state index in [9.17, 15) is 45.2 Å². The van der Waals surface area contributed by atoms with Crippen LogP contribution in [0.2, 0.25) is 0 Å². The fraction of sp³-hybridized carbons (Fsp3) is 0.700. The van der Waals surface area contributed by atoms with Crippen LogP contribution < -0.4 is 134 Å². The summed E-state index contributed by atoms with van der Waals surface area (Å²) in [6.45, 7) is -0.598. The Balaban J connectivity index is -0.0000000786. The van der Waals surface area contributed by atoms with Crippen LogP contribution in [0.15, 0.2) is 0 Å². The van der Waals surface area contributed by atoms with Crippen molar-refractivity contribution in [2.75, 3.05) is 6.61 Å². The summed E-state index contributed by atoms with van der Waals surface area (Å²) >= 11 is 0. The number of carbonyl (C=O) groups excluding carboxylic acids is 3. The van der Waals surface area contributed by atoms with Crippen LogP contribution in [0.3, 0.4) is 0 Å². The second-order valence-electron chi connectivity index (χ2n) is 4.25. The summed E-state index contributed by atoms with van der Waals surface area (Å²) in [5, 5.41) is 93.7. The predicted octanol–water partition coefficient (Wildman–Crippen LogP) is -17.6. The smallest absolute Gasteiger partial charge is 0.830 e. The van der Waals surface area contributed by atoms with Crippen LogP contribution in [0.4, 0.5) is 0 Å². The first kappa shape index (κ1) is 45.0. The summed E-state index contributed by atoms with van der Waals surface area (Å²) in [5.74, 6) is -9.86. The Bertz CT molecular complexity index is 454. The van der Waals surface area contributed by atoms with Crippen molar-refractivity contribution >= 4 is 78.7 Å². The second-order valence-corrected chi connectivity index (χ2v) is 4.25. The van der Waals surface area contributed by atoms with Gasteiger partial charge in [0.1, 0.15) is 11.7 Å². The normalized spacial score (nSPS) is 15.5. The average molecular weight is 499 g/mol. The summed E-state index contributed by atoms with van der Waals surface area (Å²) in [6, 6.07) is 0. The molecule has 0 aromatic heterocycles. The molecule has 0 aliphatic heterocycles. The third-order valence-corrected chi connectivity index (χ3v) is 2.37. The third kappa shape index (κ3) is 18.9. The van der Waals surface area contributed by atoms with Crippen LogP contribution in [0.25, 0.3) is 0 Å². The van der Waals surface area contributed by atoms with Gasteiger partial charge in [-0.3, -0.25) is 0 Å². The molecule has 0 aliphatic rings. The van der Waals surface area contributed by atoms with Crippen LogP contribution in [-0.4, -0.2) is 130 Å². The molecule has 14 nitrogen and oxygen atoms in total. The van der Waals surface area contributed by atoms with Crippen LogP contribution >= 0.6 is 0 Å². The monoisotopic (exact) mass is 498 g/mol. The molecule has 4 atom stereocenters. The Morgan fingerprint density at radius 1 is 1.04 bits per heavy atom. The third-order valence-electron chi connectivity index (χ3n) is 2.37. The summed E-state index contributed by atoms with van der Waals surface area (Å²) in [6.07, 6.45) is -7.90. The van der Waals surface area contributed by atoms with E-state index in [0.29, 0.717) is 0 Å². The average Bonchev–Trinajstić information content (AvgIpc) is 2.43. The van der Waals surface area contributed by atoms with Crippen molar-refractivity contribution in [3.8, 4) is 0 Å². The fourth-order valence-corrected chi connectivity index (χ4v) is 1.01. The van der Waals surface area contributed by atoms with Crippen molar-refractivity contribution in [3.63, 3.8) is 0 Å². The topological polar surface area (TPSA) is 280 Å². The summed E-state index contributed by atoms with van der Waals surface area (Å²) in [4.78, 5) is 33.3. The molecule has 0 amide bonds. The van der Waals surface area contributed by atoms with Gasteiger partial charge >= 0.3 is 164 Å². The van der Waals surface area contributed by atoms with Gasteiger partial charge in [-0.1, -0.05) is 0 Å². The first-order valence-corrected chi connectivity index (χ1v) is 5.76. The van der Waals surface area contributed by atoms with Gasteiger partial charge in [-0.05, 0) is 12.7 Å². The minimum Gasteiger partial charge on any atom is -0.830 e. The molecule has 0 saturated carbocycles. The summed E-state index contributed by atoms with van der Waals surface area (Å²) < 4.78 is 0. The minimum atomic E-state index is -3.46. The van der Waals surface area contributed by atoms with Gasteiger partial charge in [0.2, 0.25) is 0 Å². The number of hydrogen-bond donors (Lipinski definition) is 4. The zero-order valence-corrected chi connectivity index (χ0v) is 24.9. The maximum Gasteiger partial charge on any atom is 2.00 e. The summed E-state index contributed by atoms with van der Waals surface area (Å²) in [7, 11) is 0. The van der Waals surface area contributed by atoms with Crippen LogP contribution in [0.1, 0.15) is 12.8 Å². The minimum absolute atomic E-state index is 0. The number of carboxylic acids is 3. The van der Waals surface area contributed by atoms with E-state index in [4.69, 9.17) is 20.4 Å². The maximum atomic E-state index is 10.3. The maximum absolute atomic E-state index is 10.3. The predicted molar refractivity (Wildman–Crippen MR) is 63.6 cm³/mol. The number of aliphatic carboxylic acids is 3. The van der Waals surface area contributed by atoms with Crippen LogP contribution in [0.5, 0.6) is 0 Å². The molecule has 0 aromatic carbocycles. The second kappa shape index (κ2) is 22.2. The van der Waals surface area contributed by atoms with Gasteiger partial charge in [-0.2, -0.15) is 0 Å². The van der Waals surface area contributed by atoms with Crippen molar-refractivity contribution < 1.29 is 173 Å². The molecule has 0 heterocycles. The molecule has 18 heteroatoms.